The molecule has 0 amide bonds. The average Bonchev–Trinajstić information content (AvgIpc) is 2.36. The highest BCUT2D eigenvalue weighted by molar-refractivity contribution is 6.33. The first-order chi connectivity index (χ1) is 8.58. The zero-order valence-electron chi connectivity index (χ0n) is 10.4. The average molecular weight is 271 g/mol. The van der Waals surface area contributed by atoms with E-state index in [9.17, 15) is 9.59 Å². The van der Waals surface area contributed by atoms with Crippen LogP contribution in [0.2, 0.25) is 5.02 Å². The second kappa shape index (κ2) is 7.01. The van der Waals surface area contributed by atoms with Crippen molar-refractivity contribution in [1.82, 2.24) is 0 Å². The van der Waals surface area contributed by atoms with Crippen molar-refractivity contribution in [1.29, 1.82) is 0 Å². The van der Waals surface area contributed by atoms with Crippen molar-refractivity contribution in [3.05, 3.63) is 34.3 Å². The zero-order valence-corrected chi connectivity index (χ0v) is 11.1. The molecule has 0 heterocycles. The lowest BCUT2D eigenvalue weighted by Crippen LogP contribution is -2.06. The summed E-state index contributed by atoms with van der Waals surface area (Å²) in [5, 5.41) is 0.322. The third-order valence-electron chi connectivity index (χ3n) is 2.36. The number of methoxy groups -OCH3 is 1. The molecule has 0 radical (unpaired) electrons. The van der Waals surface area contributed by atoms with E-state index in [1.54, 1.807) is 25.1 Å². The fraction of sp³-hybridized carbons (Fsp3) is 0.385. The van der Waals surface area contributed by atoms with Crippen LogP contribution in [0.1, 0.15) is 29.3 Å². The quantitative estimate of drug-likeness (QED) is 0.772. The fourth-order valence-corrected chi connectivity index (χ4v) is 1.75. The molecule has 0 aliphatic rings. The van der Waals surface area contributed by atoms with Gasteiger partial charge < -0.3 is 9.47 Å². The summed E-state index contributed by atoms with van der Waals surface area (Å²) in [6.07, 6.45) is 0.821. The molecule has 0 spiro atoms. The molecule has 0 saturated carbocycles. The lowest BCUT2D eigenvalue weighted by molar-refractivity contribution is -0.143. The first-order valence-corrected chi connectivity index (χ1v) is 5.98. The first kappa shape index (κ1) is 14.5. The van der Waals surface area contributed by atoms with Gasteiger partial charge >= 0.3 is 11.9 Å². The van der Waals surface area contributed by atoms with Crippen LogP contribution in [0.3, 0.4) is 0 Å². The Kier molecular flexibility index (Phi) is 5.65. The number of carbonyl (C=O) groups excluding carboxylic acids is 2. The monoisotopic (exact) mass is 270 g/mol. The molecule has 0 atom stereocenters. The number of ether oxygens (including phenoxy) is 2. The van der Waals surface area contributed by atoms with E-state index in [1.807, 2.05) is 0 Å². The maximum Gasteiger partial charge on any atom is 0.339 e. The van der Waals surface area contributed by atoms with Crippen LogP contribution in [0, 0.1) is 0 Å². The maximum absolute atomic E-state index is 11.3. The molecule has 5 heteroatoms. The van der Waals surface area contributed by atoms with Gasteiger partial charge in [0.25, 0.3) is 0 Å². The Morgan fingerprint density at radius 1 is 1.33 bits per heavy atom. The molecule has 0 N–H and O–H groups in total. The fourth-order valence-electron chi connectivity index (χ4n) is 1.47. The third kappa shape index (κ3) is 4.04. The Hall–Kier alpha value is -1.55. The van der Waals surface area contributed by atoms with Gasteiger partial charge in [0.05, 0.1) is 24.3 Å². The van der Waals surface area contributed by atoms with Crippen LogP contribution in [-0.2, 0) is 20.7 Å². The van der Waals surface area contributed by atoms with Gasteiger partial charge in [-0.25, -0.2) is 4.79 Å². The Bertz CT molecular complexity index is 443. The predicted octanol–water partition coefficient (Wildman–Crippen LogP) is 2.62. The van der Waals surface area contributed by atoms with Gasteiger partial charge in [0.15, 0.2) is 0 Å². The minimum Gasteiger partial charge on any atom is -0.466 e. The van der Waals surface area contributed by atoms with Gasteiger partial charge in [0.1, 0.15) is 0 Å². The number of halogens is 1. The standard InChI is InChI=1S/C13H15ClO4/c1-3-18-12(15)7-5-9-4-6-10(11(14)8-9)13(16)17-2/h4,6,8H,3,5,7H2,1-2H3. The van der Waals surface area contributed by atoms with Crippen LogP contribution in [0.5, 0.6) is 0 Å². The van der Waals surface area contributed by atoms with Crippen LogP contribution >= 0.6 is 11.6 Å². The van der Waals surface area contributed by atoms with Crippen molar-refractivity contribution in [2.75, 3.05) is 13.7 Å². The first-order valence-electron chi connectivity index (χ1n) is 5.60. The van der Waals surface area contributed by atoms with Gasteiger partial charge in [-0.3, -0.25) is 4.79 Å². The van der Waals surface area contributed by atoms with Crippen LogP contribution in [0.4, 0.5) is 0 Å². The number of rotatable bonds is 5. The Balaban J connectivity index is 2.67. The van der Waals surface area contributed by atoms with Gasteiger partial charge in [-0.2, -0.15) is 0 Å². The van der Waals surface area contributed by atoms with Gasteiger partial charge in [-0.1, -0.05) is 17.7 Å². The molecule has 4 nitrogen and oxygen atoms in total. The number of esters is 2. The van der Waals surface area contributed by atoms with E-state index in [0.29, 0.717) is 30.0 Å². The van der Waals surface area contributed by atoms with Crippen LogP contribution < -0.4 is 0 Å². The molecular formula is C13H15ClO4. The van der Waals surface area contributed by atoms with Crippen molar-refractivity contribution in [2.45, 2.75) is 19.8 Å². The van der Waals surface area contributed by atoms with Crippen molar-refractivity contribution < 1.29 is 19.1 Å². The number of aryl methyl sites for hydroxylation is 1. The Morgan fingerprint density at radius 2 is 2.06 bits per heavy atom. The second-order valence-electron chi connectivity index (χ2n) is 3.61. The summed E-state index contributed by atoms with van der Waals surface area (Å²) in [7, 11) is 1.30. The van der Waals surface area contributed by atoms with E-state index in [4.69, 9.17) is 16.3 Å². The summed E-state index contributed by atoms with van der Waals surface area (Å²) in [5.74, 6) is -0.720. The lowest BCUT2D eigenvalue weighted by atomic mass is 10.1. The van der Waals surface area contributed by atoms with E-state index in [0.717, 1.165) is 5.56 Å². The Morgan fingerprint density at radius 3 is 2.61 bits per heavy atom. The molecule has 98 valence electrons. The SMILES string of the molecule is CCOC(=O)CCc1ccc(C(=O)OC)c(Cl)c1. The van der Waals surface area contributed by atoms with Crippen LogP contribution in [0.25, 0.3) is 0 Å². The molecule has 0 unspecified atom stereocenters. The van der Waals surface area contributed by atoms with E-state index in [1.165, 1.54) is 7.11 Å². The van der Waals surface area contributed by atoms with Crippen molar-refractivity contribution in [2.24, 2.45) is 0 Å². The topological polar surface area (TPSA) is 52.6 Å². The molecule has 1 rings (SSSR count). The number of benzene rings is 1. The molecule has 0 fully saturated rings. The molecular weight excluding hydrogens is 256 g/mol. The molecule has 1 aromatic carbocycles. The number of hydrogen-bond donors (Lipinski definition) is 0. The molecule has 0 aromatic heterocycles. The van der Waals surface area contributed by atoms with E-state index < -0.39 is 5.97 Å². The number of carbonyl (C=O) groups is 2. The molecule has 18 heavy (non-hydrogen) atoms. The van der Waals surface area contributed by atoms with Gasteiger partial charge in [-0.05, 0) is 31.0 Å². The largest absolute Gasteiger partial charge is 0.466 e. The summed E-state index contributed by atoms with van der Waals surface area (Å²) in [4.78, 5) is 22.5. The molecule has 0 bridgehead atoms. The second-order valence-corrected chi connectivity index (χ2v) is 4.02. The Labute approximate surface area is 111 Å². The summed E-state index contributed by atoms with van der Waals surface area (Å²) in [5.41, 5.74) is 1.19. The minimum atomic E-state index is -0.475. The molecule has 0 aliphatic carbocycles. The van der Waals surface area contributed by atoms with Gasteiger partial charge in [0.2, 0.25) is 0 Å². The van der Waals surface area contributed by atoms with Crippen molar-refractivity contribution >= 4 is 23.5 Å². The minimum absolute atomic E-state index is 0.245. The van der Waals surface area contributed by atoms with E-state index in [2.05, 4.69) is 4.74 Å². The highest BCUT2D eigenvalue weighted by Gasteiger charge is 2.11. The van der Waals surface area contributed by atoms with E-state index in [-0.39, 0.29) is 5.97 Å². The zero-order chi connectivity index (χ0) is 13.5. The predicted molar refractivity (Wildman–Crippen MR) is 67.7 cm³/mol. The van der Waals surface area contributed by atoms with Crippen molar-refractivity contribution in [3.63, 3.8) is 0 Å². The molecule has 0 aliphatic heterocycles. The smallest absolute Gasteiger partial charge is 0.339 e. The molecule has 0 saturated heterocycles. The van der Waals surface area contributed by atoms with Crippen molar-refractivity contribution in [3.8, 4) is 0 Å². The summed E-state index contributed by atoms with van der Waals surface area (Å²) < 4.78 is 9.42. The summed E-state index contributed by atoms with van der Waals surface area (Å²) in [6, 6.07) is 5.00. The van der Waals surface area contributed by atoms with E-state index >= 15 is 0 Å². The highest BCUT2D eigenvalue weighted by atomic mass is 35.5. The number of hydrogen-bond acceptors (Lipinski definition) is 4. The summed E-state index contributed by atoms with van der Waals surface area (Å²) >= 11 is 5.96. The normalized spacial score (nSPS) is 9.94. The summed E-state index contributed by atoms with van der Waals surface area (Å²) in [6.45, 7) is 2.14. The van der Waals surface area contributed by atoms with Crippen LogP contribution in [-0.4, -0.2) is 25.7 Å². The van der Waals surface area contributed by atoms with Gasteiger partial charge in [-0.15, -0.1) is 0 Å². The third-order valence-corrected chi connectivity index (χ3v) is 2.67. The lowest BCUT2D eigenvalue weighted by Gasteiger charge is -2.06. The van der Waals surface area contributed by atoms with Crippen LogP contribution in [0.15, 0.2) is 18.2 Å². The van der Waals surface area contributed by atoms with Gasteiger partial charge in [0, 0.05) is 6.42 Å². The molecule has 1 aromatic rings. The highest BCUT2D eigenvalue weighted by Crippen LogP contribution is 2.19. The maximum atomic E-state index is 11.3.